The molecule has 1 aromatic rings. The fourth-order valence-electron chi connectivity index (χ4n) is 1.59. The lowest BCUT2D eigenvalue weighted by atomic mass is 10.2. The second-order valence-electron chi connectivity index (χ2n) is 3.77. The number of hydrogen-bond acceptors (Lipinski definition) is 5. The zero-order chi connectivity index (χ0) is 13.0. The topological polar surface area (TPSA) is 82.8 Å². The van der Waals surface area contributed by atoms with Crippen LogP contribution in [0.3, 0.4) is 0 Å². The van der Waals surface area contributed by atoms with Gasteiger partial charge in [0.25, 0.3) is 0 Å². The highest BCUT2D eigenvalue weighted by molar-refractivity contribution is 5.95. The first-order valence-electron chi connectivity index (χ1n) is 5.77. The first-order chi connectivity index (χ1) is 8.70. The van der Waals surface area contributed by atoms with Crippen LogP contribution in [0.5, 0.6) is 11.5 Å². The number of anilines is 2. The minimum absolute atomic E-state index is 0.00435. The Hall–Kier alpha value is -1.95. The molecule has 0 unspecified atom stereocenters. The summed E-state index contributed by atoms with van der Waals surface area (Å²) in [6.45, 7) is 3.31. The number of carbonyl (C=O) groups is 1. The number of rotatable bonds is 4. The third-order valence-electron chi connectivity index (χ3n) is 2.43. The van der Waals surface area contributed by atoms with Crippen LogP contribution in [0, 0.1) is 0 Å². The first kappa shape index (κ1) is 12.5. The maximum atomic E-state index is 11.5. The van der Waals surface area contributed by atoms with Crippen LogP contribution in [0.2, 0.25) is 0 Å². The molecule has 1 aromatic carbocycles. The molecule has 0 saturated carbocycles. The molecule has 0 radical (unpaired) electrons. The Kier molecular flexibility index (Phi) is 3.88. The SMILES string of the molecule is CCOCC(=O)Nc1cc2c(cc1N)OCCO2. The summed E-state index contributed by atoms with van der Waals surface area (Å²) in [4.78, 5) is 11.5. The zero-order valence-electron chi connectivity index (χ0n) is 10.2. The van der Waals surface area contributed by atoms with E-state index < -0.39 is 0 Å². The van der Waals surface area contributed by atoms with Gasteiger partial charge in [0.2, 0.25) is 5.91 Å². The molecule has 3 N–H and O–H groups in total. The lowest BCUT2D eigenvalue weighted by molar-refractivity contribution is -0.120. The Morgan fingerprint density at radius 3 is 2.72 bits per heavy atom. The number of benzene rings is 1. The van der Waals surface area contributed by atoms with Gasteiger partial charge in [-0.3, -0.25) is 4.79 Å². The van der Waals surface area contributed by atoms with Gasteiger partial charge in [-0.25, -0.2) is 0 Å². The summed E-state index contributed by atoms with van der Waals surface area (Å²) in [6, 6.07) is 3.30. The Labute approximate surface area is 105 Å². The van der Waals surface area contributed by atoms with Crippen molar-refractivity contribution in [2.45, 2.75) is 6.92 Å². The summed E-state index contributed by atoms with van der Waals surface area (Å²) in [5.74, 6) is 0.934. The Morgan fingerprint density at radius 2 is 2.06 bits per heavy atom. The van der Waals surface area contributed by atoms with Crippen molar-refractivity contribution in [2.24, 2.45) is 0 Å². The standard InChI is InChI=1S/C12H16N2O4/c1-2-16-7-12(15)14-9-6-11-10(5-8(9)13)17-3-4-18-11/h5-6H,2-4,7,13H2,1H3,(H,14,15). The molecule has 0 bridgehead atoms. The molecule has 0 spiro atoms. The van der Waals surface area contributed by atoms with Crippen molar-refractivity contribution in [3.8, 4) is 11.5 Å². The van der Waals surface area contributed by atoms with Gasteiger partial charge in [0.1, 0.15) is 19.8 Å². The number of fused-ring (bicyclic) bond motifs is 1. The van der Waals surface area contributed by atoms with Gasteiger partial charge in [-0.1, -0.05) is 0 Å². The second kappa shape index (κ2) is 5.59. The van der Waals surface area contributed by atoms with Gasteiger partial charge in [0, 0.05) is 18.7 Å². The summed E-state index contributed by atoms with van der Waals surface area (Å²) in [5, 5.41) is 2.67. The van der Waals surface area contributed by atoms with Gasteiger partial charge in [0.05, 0.1) is 11.4 Å². The predicted octanol–water partition coefficient (Wildman–Crippen LogP) is 1.01. The molecule has 1 aliphatic heterocycles. The van der Waals surface area contributed by atoms with Crippen molar-refractivity contribution in [1.29, 1.82) is 0 Å². The van der Waals surface area contributed by atoms with E-state index in [0.717, 1.165) is 0 Å². The number of ether oxygens (including phenoxy) is 3. The van der Waals surface area contributed by atoms with Crippen LogP contribution in [-0.4, -0.2) is 32.3 Å². The molecule has 1 heterocycles. The number of nitrogens with two attached hydrogens (primary N) is 1. The van der Waals surface area contributed by atoms with Gasteiger partial charge >= 0.3 is 0 Å². The third kappa shape index (κ3) is 2.84. The predicted molar refractivity (Wildman–Crippen MR) is 67.0 cm³/mol. The summed E-state index contributed by atoms with van der Waals surface area (Å²) in [6.07, 6.45) is 0. The van der Waals surface area contributed by atoms with E-state index >= 15 is 0 Å². The van der Waals surface area contributed by atoms with Crippen LogP contribution >= 0.6 is 0 Å². The molecule has 6 nitrogen and oxygen atoms in total. The van der Waals surface area contributed by atoms with Gasteiger partial charge in [-0.15, -0.1) is 0 Å². The number of amides is 1. The lowest BCUT2D eigenvalue weighted by Gasteiger charge is -2.20. The quantitative estimate of drug-likeness (QED) is 0.781. The molecule has 2 rings (SSSR count). The normalized spacial score (nSPS) is 13.2. The van der Waals surface area contributed by atoms with E-state index in [9.17, 15) is 4.79 Å². The van der Waals surface area contributed by atoms with Crippen LogP contribution in [-0.2, 0) is 9.53 Å². The van der Waals surface area contributed by atoms with Crippen molar-refractivity contribution < 1.29 is 19.0 Å². The minimum atomic E-state index is -0.250. The molecule has 18 heavy (non-hydrogen) atoms. The van der Waals surface area contributed by atoms with Crippen molar-refractivity contribution in [3.05, 3.63) is 12.1 Å². The van der Waals surface area contributed by atoms with E-state index in [1.807, 2.05) is 6.92 Å². The highest BCUT2D eigenvalue weighted by atomic mass is 16.6. The molecule has 1 aliphatic rings. The summed E-state index contributed by atoms with van der Waals surface area (Å²) in [5.41, 5.74) is 6.77. The number of nitrogens with one attached hydrogen (secondary N) is 1. The van der Waals surface area contributed by atoms with Crippen LogP contribution in [0.25, 0.3) is 0 Å². The molecule has 0 aliphatic carbocycles. The Bertz CT molecular complexity index is 448. The molecule has 98 valence electrons. The van der Waals surface area contributed by atoms with Crippen molar-refractivity contribution in [2.75, 3.05) is 37.5 Å². The summed E-state index contributed by atoms with van der Waals surface area (Å²) in [7, 11) is 0. The van der Waals surface area contributed by atoms with E-state index in [0.29, 0.717) is 42.7 Å². The van der Waals surface area contributed by atoms with Crippen LogP contribution in [0.15, 0.2) is 12.1 Å². The summed E-state index contributed by atoms with van der Waals surface area (Å²) >= 11 is 0. The van der Waals surface area contributed by atoms with E-state index in [2.05, 4.69) is 5.32 Å². The van der Waals surface area contributed by atoms with Crippen molar-refractivity contribution in [3.63, 3.8) is 0 Å². The molecule has 6 heteroatoms. The van der Waals surface area contributed by atoms with Crippen LogP contribution < -0.4 is 20.5 Å². The molecule has 0 fully saturated rings. The molecule has 1 amide bonds. The molecular formula is C12H16N2O4. The van der Waals surface area contributed by atoms with Crippen LogP contribution in [0.4, 0.5) is 11.4 Å². The monoisotopic (exact) mass is 252 g/mol. The van der Waals surface area contributed by atoms with Crippen molar-refractivity contribution >= 4 is 17.3 Å². The first-order valence-corrected chi connectivity index (χ1v) is 5.77. The van der Waals surface area contributed by atoms with Crippen molar-refractivity contribution in [1.82, 2.24) is 0 Å². The summed E-state index contributed by atoms with van der Waals surface area (Å²) < 4.78 is 15.8. The maximum absolute atomic E-state index is 11.5. The minimum Gasteiger partial charge on any atom is -0.486 e. The highest BCUT2D eigenvalue weighted by Crippen LogP contribution is 2.36. The zero-order valence-corrected chi connectivity index (χ0v) is 10.2. The smallest absolute Gasteiger partial charge is 0.250 e. The Balaban J connectivity index is 2.10. The molecular weight excluding hydrogens is 236 g/mol. The number of hydrogen-bond donors (Lipinski definition) is 2. The van der Waals surface area contributed by atoms with Gasteiger partial charge in [-0.2, -0.15) is 0 Å². The number of nitrogen functional groups attached to an aromatic ring is 1. The van der Waals surface area contributed by atoms with E-state index in [-0.39, 0.29) is 12.5 Å². The van der Waals surface area contributed by atoms with Crippen LogP contribution in [0.1, 0.15) is 6.92 Å². The highest BCUT2D eigenvalue weighted by Gasteiger charge is 2.15. The second-order valence-corrected chi connectivity index (χ2v) is 3.77. The van der Waals surface area contributed by atoms with E-state index in [1.54, 1.807) is 12.1 Å². The molecule has 0 aromatic heterocycles. The average molecular weight is 252 g/mol. The molecule has 0 saturated heterocycles. The van der Waals surface area contributed by atoms with Gasteiger partial charge in [-0.05, 0) is 6.92 Å². The lowest BCUT2D eigenvalue weighted by Crippen LogP contribution is -2.20. The maximum Gasteiger partial charge on any atom is 0.250 e. The fourth-order valence-corrected chi connectivity index (χ4v) is 1.59. The van der Waals surface area contributed by atoms with Gasteiger partial charge < -0.3 is 25.3 Å². The largest absolute Gasteiger partial charge is 0.486 e. The van der Waals surface area contributed by atoms with E-state index in [4.69, 9.17) is 19.9 Å². The third-order valence-corrected chi connectivity index (χ3v) is 2.43. The van der Waals surface area contributed by atoms with Gasteiger partial charge in [0.15, 0.2) is 11.5 Å². The average Bonchev–Trinajstić information content (AvgIpc) is 2.37. The number of carbonyl (C=O) groups excluding carboxylic acids is 1. The Morgan fingerprint density at radius 1 is 1.39 bits per heavy atom. The van der Waals surface area contributed by atoms with E-state index in [1.165, 1.54) is 0 Å². The molecule has 0 atom stereocenters. The fraction of sp³-hybridized carbons (Fsp3) is 0.417.